The summed E-state index contributed by atoms with van der Waals surface area (Å²) in [5, 5.41) is 7.75. The summed E-state index contributed by atoms with van der Waals surface area (Å²) >= 11 is 0. The summed E-state index contributed by atoms with van der Waals surface area (Å²) in [5.74, 6) is 2.94. The van der Waals surface area contributed by atoms with Gasteiger partial charge in [0.25, 0.3) is 0 Å². The lowest BCUT2D eigenvalue weighted by atomic mass is 9.85. The fraction of sp³-hybridized carbons (Fsp3) is 0.462. The van der Waals surface area contributed by atoms with Crippen LogP contribution in [0.25, 0.3) is 0 Å². The topological polar surface area (TPSA) is 72.2 Å². The Labute approximate surface area is 106 Å². The second-order valence-corrected chi connectivity index (χ2v) is 4.26. The highest BCUT2D eigenvalue weighted by Gasteiger charge is 2.28. The monoisotopic (exact) mass is 254 g/mol. The maximum absolute atomic E-state index is 12.7. The van der Waals surface area contributed by atoms with E-state index in [1.165, 1.54) is 12.1 Å². The zero-order valence-corrected chi connectivity index (χ0v) is 10.3. The summed E-state index contributed by atoms with van der Waals surface area (Å²) in [5.41, 5.74) is 0.828. The second-order valence-electron chi connectivity index (χ2n) is 4.26. The van der Waals surface area contributed by atoms with Gasteiger partial charge >= 0.3 is 5.97 Å². The zero-order valence-electron chi connectivity index (χ0n) is 10.3. The molecule has 1 aliphatic rings. The molecule has 2 N–H and O–H groups in total. The Kier molecular flexibility index (Phi) is 5.74. The van der Waals surface area contributed by atoms with Crippen molar-refractivity contribution in [3.8, 4) is 0 Å². The highest BCUT2D eigenvalue weighted by molar-refractivity contribution is 5.73. The van der Waals surface area contributed by atoms with Crippen molar-refractivity contribution in [3.63, 3.8) is 0 Å². The standard InChI is InChI=1S/C13H15FO2.H2NO/c1-9(10-5-7-12(14)8-6-10)16-13(15)11-3-2-4-11;1-2/h5-9,11H,2-4H2,1H3;1H2. The van der Waals surface area contributed by atoms with Crippen molar-refractivity contribution in [2.75, 3.05) is 0 Å². The highest BCUT2D eigenvalue weighted by Crippen LogP contribution is 2.29. The smallest absolute Gasteiger partial charge is 0.309 e. The average molecular weight is 254 g/mol. The maximum Gasteiger partial charge on any atom is 0.309 e. The van der Waals surface area contributed by atoms with Crippen LogP contribution in [-0.4, -0.2) is 5.97 Å². The van der Waals surface area contributed by atoms with Gasteiger partial charge in [-0.2, -0.15) is 5.90 Å². The molecule has 1 aliphatic carbocycles. The van der Waals surface area contributed by atoms with Gasteiger partial charge in [-0.3, -0.25) is 4.79 Å². The molecule has 0 aliphatic heterocycles. The van der Waals surface area contributed by atoms with Crippen molar-refractivity contribution in [3.05, 3.63) is 35.6 Å². The number of carbonyl (C=O) groups excluding carboxylic acids is 1. The summed E-state index contributed by atoms with van der Waals surface area (Å²) in [7, 11) is 0. The summed E-state index contributed by atoms with van der Waals surface area (Å²) in [6.45, 7) is 1.81. The molecule has 18 heavy (non-hydrogen) atoms. The van der Waals surface area contributed by atoms with Gasteiger partial charge in [-0.25, -0.2) is 4.39 Å². The van der Waals surface area contributed by atoms with Gasteiger partial charge in [0.2, 0.25) is 0 Å². The largest absolute Gasteiger partial charge is 0.458 e. The van der Waals surface area contributed by atoms with E-state index in [4.69, 9.17) is 9.94 Å². The van der Waals surface area contributed by atoms with Gasteiger partial charge in [0, 0.05) is 0 Å². The van der Waals surface area contributed by atoms with Crippen LogP contribution >= 0.6 is 0 Å². The van der Waals surface area contributed by atoms with Crippen LogP contribution in [0.15, 0.2) is 24.3 Å². The van der Waals surface area contributed by atoms with Gasteiger partial charge in [-0.15, -0.1) is 5.21 Å². The summed E-state index contributed by atoms with van der Waals surface area (Å²) < 4.78 is 18.0. The van der Waals surface area contributed by atoms with Crippen molar-refractivity contribution < 1.29 is 19.1 Å². The molecule has 99 valence electrons. The molecule has 4 nitrogen and oxygen atoms in total. The van der Waals surface area contributed by atoms with Gasteiger partial charge in [-0.05, 0) is 37.5 Å². The molecule has 0 heterocycles. The van der Waals surface area contributed by atoms with Gasteiger partial charge < -0.3 is 4.74 Å². The Morgan fingerprint density at radius 2 is 1.89 bits per heavy atom. The minimum absolute atomic E-state index is 0.0860. The Balaban J connectivity index is 0.000000771. The number of nitrogens with two attached hydrogens (primary N) is 1. The number of halogens is 1. The van der Waals surface area contributed by atoms with Gasteiger partial charge in [0.15, 0.2) is 0 Å². The lowest BCUT2D eigenvalue weighted by Crippen LogP contribution is -2.25. The van der Waals surface area contributed by atoms with E-state index in [1.54, 1.807) is 12.1 Å². The van der Waals surface area contributed by atoms with E-state index >= 15 is 0 Å². The first kappa shape index (κ1) is 14.6. The van der Waals surface area contributed by atoms with Crippen molar-refractivity contribution >= 4 is 5.97 Å². The second kappa shape index (κ2) is 7.08. The van der Waals surface area contributed by atoms with Crippen molar-refractivity contribution in [2.45, 2.75) is 32.3 Å². The fourth-order valence-electron chi connectivity index (χ4n) is 1.72. The van der Waals surface area contributed by atoms with Crippen LogP contribution in [-0.2, 0) is 14.7 Å². The van der Waals surface area contributed by atoms with E-state index < -0.39 is 0 Å². The van der Waals surface area contributed by atoms with Crippen molar-refractivity contribution in [1.82, 2.24) is 0 Å². The normalized spacial score (nSPS) is 16.0. The van der Waals surface area contributed by atoms with Crippen LogP contribution in [0.3, 0.4) is 0 Å². The predicted molar refractivity (Wildman–Crippen MR) is 63.1 cm³/mol. The molecule has 0 amide bonds. The molecule has 5 heteroatoms. The third-order valence-corrected chi connectivity index (χ3v) is 3.07. The molecule has 0 aromatic heterocycles. The molecule has 1 atom stereocenters. The number of rotatable bonds is 3. The van der Waals surface area contributed by atoms with Crippen LogP contribution in [0.2, 0.25) is 0 Å². The van der Waals surface area contributed by atoms with Crippen LogP contribution < -0.4 is 5.90 Å². The van der Waals surface area contributed by atoms with E-state index in [-0.39, 0.29) is 23.8 Å². The Hall–Kier alpha value is -1.46. The number of hydrogen-bond acceptors (Lipinski definition) is 3. The van der Waals surface area contributed by atoms with Gasteiger partial charge in [-0.1, -0.05) is 18.6 Å². The number of benzene rings is 1. The minimum Gasteiger partial charge on any atom is -0.458 e. The first-order valence-corrected chi connectivity index (χ1v) is 5.86. The van der Waals surface area contributed by atoms with Crippen LogP contribution in [0, 0.1) is 11.7 Å². The molecule has 1 unspecified atom stereocenters. The van der Waals surface area contributed by atoms with E-state index in [9.17, 15) is 9.18 Å². The molecular weight excluding hydrogens is 237 g/mol. The molecule has 1 fully saturated rings. The third-order valence-electron chi connectivity index (χ3n) is 3.07. The lowest BCUT2D eigenvalue weighted by molar-refractivity contribution is -0.156. The minimum atomic E-state index is -0.298. The van der Waals surface area contributed by atoms with Crippen molar-refractivity contribution in [2.24, 2.45) is 11.8 Å². The number of carbonyl (C=O) groups is 1. The van der Waals surface area contributed by atoms with Crippen LogP contribution in [0.4, 0.5) is 4.39 Å². The zero-order chi connectivity index (χ0) is 13.5. The molecule has 1 aromatic rings. The molecule has 0 bridgehead atoms. The fourth-order valence-corrected chi connectivity index (χ4v) is 1.72. The Morgan fingerprint density at radius 1 is 1.33 bits per heavy atom. The molecule has 0 saturated heterocycles. The number of ether oxygens (including phenoxy) is 1. The van der Waals surface area contributed by atoms with E-state index in [1.807, 2.05) is 6.92 Å². The van der Waals surface area contributed by atoms with Gasteiger partial charge in [0.05, 0.1) is 5.92 Å². The summed E-state index contributed by atoms with van der Waals surface area (Å²) in [6.07, 6.45) is 2.70. The van der Waals surface area contributed by atoms with E-state index in [0.29, 0.717) is 0 Å². The summed E-state index contributed by atoms with van der Waals surface area (Å²) in [4.78, 5) is 11.6. The molecular formula is C13H17FNO3. The molecule has 1 saturated carbocycles. The number of hydrogen-bond donors (Lipinski definition) is 1. The van der Waals surface area contributed by atoms with Crippen LogP contribution in [0.5, 0.6) is 0 Å². The van der Waals surface area contributed by atoms with E-state index in [0.717, 1.165) is 24.8 Å². The molecule has 0 spiro atoms. The third kappa shape index (κ3) is 3.78. The number of esters is 1. The maximum atomic E-state index is 12.7. The van der Waals surface area contributed by atoms with Gasteiger partial charge in [0.1, 0.15) is 11.9 Å². The SMILES string of the molecule is CC(OC(=O)C1CCC1)c1ccc(F)cc1.N[O]. The van der Waals surface area contributed by atoms with E-state index in [2.05, 4.69) is 5.90 Å². The summed E-state index contributed by atoms with van der Waals surface area (Å²) in [6, 6.07) is 6.05. The molecule has 1 radical (unpaired) electrons. The first-order valence-electron chi connectivity index (χ1n) is 5.86. The predicted octanol–water partition coefficient (Wildman–Crippen LogP) is 2.52. The van der Waals surface area contributed by atoms with Crippen molar-refractivity contribution in [1.29, 1.82) is 0 Å². The quantitative estimate of drug-likeness (QED) is 0.665. The highest BCUT2D eigenvalue weighted by atomic mass is 19.1. The lowest BCUT2D eigenvalue weighted by Gasteiger charge is -2.25. The first-order chi connectivity index (χ1) is 8.66. The average Bonchev–Trinajstić information content (AvgIpc) is 2.30. The van der Waals surface area contributed by atoms with Crippen LogP contribution in [0.1, 0.15) is 37.9 Å². The Morgan fingerprint density at radius 3 is 2.33 bits per heavy atom. The Bertz CT molecular complexity index is 376. The molecule has 2 rings (SSSR count). The molecule has 1 aromatic carbocycles.